The number of rotatable bonds is 6. The molecule has 148 valence electrons. The minimum absolute atomic E-state index is 0.515. The highest BCUT2D eigenvalue weighted by atomic mass is 19.4. The summed E-state index contributed by atoms with van der Waals surface area (Å²) in [6.45, 7) is -3.87. The number of carbonyl (C=O) groups excluding carboxylic acids is 1. The first-order chi connectivity index (χ1) is 11.1. The van der Waals surface area contributed by atoms with E-state index in [9.17, 15) is 48.7 Å². The molecule has 2 unspecified atom stereocenters. The molecule has 25 heavy (non-hydrogen) atoms. The molecule has 5 nitrogen and oxygen atoms in total. The van der Waals surface area contributed by atoms with Crippen molar-refractivity contribution in [3.63, 3.8) is 0 Å². The van der Waals surface area contributed by atoms with Gasteiger partial charge in [0.2, 0.25) is 0 Å². The molecule has 0 saturated carbocycles. The normalized spacial score (nSPS) is 21.9. The van der Waals surface area contributed by atoms with Crippen LogP contribution in [0.25, 0.3) is 0 Å². The predicted molar refractivity (Wildman–Crippen MR) is 53.9 cm³/mol. The summed E-state index contributed by atoms with van der Waals surface area (Å²) >= 11 is 0. The van der Waals surface area contributed by atoms with Crippen LogP contribution in [0.2, 0.25) is 0 Å². The molecule has 1 heterocycles. The van der Waals surface area contributed by atoms with Crippen molar-refractivity contribution in [1.82, 2.24) is 0 Å². The Balaban J connectivity index is 2.85. The molecule has 0 amide bonds. The van der Waals surface area contributed by atoms with Crippen LogP contribution >= 0.6 is 0 Å². The quantitative estimate of drug-likeness (QED) is 0.508. The lowest BCUT2D eigenvalue weighted by Gasteiger charge is -2.33. The smallest absolute Gasteiger partial charge is 0.430 e. The zero-order valence-electron chi connectivity index (χ0n) is 11.6. The van der Waals surface area contributed by atoms with Gasteiger partial charge in [-0.3, -0.25) is 0 Å². The standard InChI is InChI=1S/C10H8F10O5/c11-7(10(18,19)20,3-22-1-4-2-23-6(21)24-4)25-5(8(12,13)14)9(15,16)17/h4-5H,1-3H2. The Morgan fingerprint density at radius 3 is 1.88 bits per heavy atom. The number of ether oxygens (including phenoxy) is 4. The van der Waals surface area contributed by atoms with Crippen molar-refractivity contribution in [2.24, 2.45) is 0 Å². The van der Waals surface area contributed by atoms with E-state index < -0.39 is 62.6 Å². The summed E-state index contributed by atoms with van der Waals surface area (Å²) in [4.78, 5) is 10.5. The molecule has 1 saturated heterocycles. The van der Waals surface area contributed by atoms with Crippen LogP contribution in [0.1, 0.15) is 0 Å². The highest BCUT2D eigenvalue weighted by Crippen LogP contribution is 2.43. The summed E-state index contributed by atoms with van der Waals surface area (Å²) in [7, 11) is 0. The summed E-state index contributed by atoms with van der Waals surface area (Å²) in [5, 5.41) is 0. The maximum atomic E-state index is 13.7. The summed E-state index contributed by atoms with van der Waals surface area (Å²) in [5.74, 6) is -5.42. The maximum absolute atomic E-state index is 13.7. The van der Waals surface area contributed by atoms with Gasteiger partial charge in [-0.2, -0.15) is 43.9 Å². The van der Waals surface area contributed by atoms with Gasteiger partial charge in [-0.15, -0.1) is 0 Å². The van der Waals surface area contributed by atoms with Gasteiger partial charge in [-0.1, -0.05) is 0 Å². The third-order valence-electron chi connectivity index (χ3n) is 2.56. The molecule has 0 N–H and O–H groups in total. The molecule has 2 atom stereocenters. The highest BCUT2D eigenvalue weighted by molar-refractivity contribution is 5.61. The minimum Gasteiger partial charge on any atom is -0.430 e. The van der Waals surface area contributed by atoms with Crippen LogP contribution in [0.4, 0.5) is 48.7 Å². The minimum atomic E-state index is -6.37. The zero-order chi connectivity index (χ0) is 19.7. The summed E-state index contributed by atoms with van der Waals surface area (Å²) in [6, 6.07) is 0. The lowest BCUT2D eigenvalue weighted by Crippen LogP contribution is -2.56. The van der Waals surface area contributed by atoms with Gasteiger partial charge in [-0.25, -0.2) is 4.79 Å². The highest BCUT2D eigenvalue weighted by Gasteiger charge is 2.67. The van der Waals surface area contributed by atoms with E-state index in [-0.39, 0.29) is 0 Å². The fraction of sp³-hybridized carbons (Fsp3) is 0.900. The van der Waals surface area contributed by atoms with Crippen LogP contribution in [0.5, 0.6) is 0 Å². The first-order valence-corrected chi connectivity index (χ1v) is 6.04. The molecule has 0 bridgehead atoms. The Hall–Kier alpha value is -1.51. The number of cyclic esters (lactones) is 2. The molecule has 1 aliphatic rings. The van der Waals surface area contributed by atoms with E-state index in [0.717, 1.165) is 0 Å². The van der Waals surface area contributed by atoms with Gasteiger partial charge in [0, 0.05) is 0 Å². The molecular weight excluding hydrogens is 390 g/mol. The monoisotopic (exact) mass is 398 g/mol. The van der Waals surface area contributed by atoms with Crippen LogP contribution in [-0.2, 0) is 18.9 Å². The fourth-order valence-corrected chi connectivity index (χ4v) is 1.46. The van der Waals surface area contributed by atoms with E-state index in [1.807, 2.05) is 0 Å². The first kappa shape index (κ1) is 21.5. The van der Waals surface area contributed by atoms with E-state index in [0.29, 0.717) is 0 Å². The van der Waals surface area contributed by atoms with Crippen molar-refractivity contribution in [3.05, 3.63) is 0 Å². The van der Waals surface area contributed by atoms with Crippen LogP contribution in [-0.4, -0.2) is 62.6 Å². The van der Waals surface area contributed by atoms with Crippen molar-refractivity contribution < 1.29 is 67.6 Å². The fourth-order valence-electron chi connectivity index (χ4n) is 1.46. The number of carbonyl (C=O) groups is 1. The summed E-state index contributed by atoms with van der Waals surface area (Å²) in [5.41, 5.74) is 0. The van der Waals surface area contributed by atoms with Crippen LogP contribution in [0.3, 0.4) is 0 Å². The number of hydrogen-bond acceptors (Lipinski definition) is 5. The molecular formula is C10H8F10O5. The van der Waals surface area contributed by atoms with Crippen LogP contribution < -0.4 is 0 Å². The van der Waals surface area contributed by atoms with E-state index in [1.54, 1.807) is 0 Å². The second kappa shape index (κ2) is 7.01. The van der Waals surface area contributed by atoms with Crippen molar-refractivity contribution >= 4 is 6.16 Å². The number of hydrogen-bond donors (Lipinski definition) is 0. The molecule has 0 aromatic rings. The van der Waals surface area contributed by atoms with Crippen LogP contribution in [0, 0.1) is 0 Å². The van der Waals surface area contributed by atoms with Gasteiger partial charge in [0.25, 0.3) is 6.10 Å². The molecule has 15 heteroatoms. The van der Waals surface area contributed by atoms with Crippen molar-refractivity contribution in [3.8, 4) is 0 Å². The molecule has 0 aromatic carbocycles. The Kier molecular flexibility index (Phi) is 6.04. The van der Waals surface area contributed by atoms with E-state index in [1.165, 1.54) is 0 Å². The lowest BCUT2D eigenvalue weighted by molar-refractivity contribution is -0.418. The van der Waals surface area contributed by atoms with E-state index in [2.05, 4.69) is 18.9 Å². The third kappa shape index (κ3) is 5.76. The average molecular weight is 398 g/mol. The third-order valence-corrected chi connectivity index (χ3v) is 2.56. The zero-order valence-corrected chi connectivity index (χ0v) is 11.6. The van der Waals surface area contributed by atoms with Crippen molar-refractivity contribution in [2.45, 2.75) is 36.6 Å². The first-order valence-electron chi connectivity index (χ1n) is 6.04. The largest absolute Gasteiger partial charge is 0.508 e. The Labute approximate surface area is 131 Å². The van der Waals surface area contributed by atoms with Gasteiger partial charge in [-0.05, 0) is 0 Å². The Morgan fingerprint density at radius 2 is 1.52 bits per heavy atom. The second-order valence-corrected chi connectivity index (χ2v) is 4.62. The van der Waals surface area contributed by atoms with Gasteiger partial charge < -0.3 is 18.9 Å². The number of halogens is 10. The maximum Gasteiger partial charge on any atom is 0.508 e. The molecule has 0 aliphatic carbocycles. The number of alkyl halides is 10. The SMILES string of the molecule is O=C1OCC(COCC(F)(OC(C(F)(F)F)C(F)(F)F)C(F)(F)F)O1. The van der Waals surface area contributed by atoms with E-state index in [4.69, 9.17) is 0 Å². The van der Waals surface area contributed by atoms with Gasteiger partial charge >= 0.3 is 30.5 Å². The molecule has 1 aliphatic heterocycles. The topological polar surface area (TPSA) is 54.0 Å². The van der Waals surface area contributed by atoms with Crippen LogP contribution in [0.15, 0.2) is 0 Å². The molecule has 0 radical (unpaired) electrons. The lowest BCUT2D eigenvalue weighted by atomic mass is 10.2. The molecule has 0 aromatic heterocycles. The van der Waals surface area contributed by atoms with E-state index >= 15 is 0 Å². The molecule has 1 rings (SSSR count). The second-order valence-electron chi connectivity index (χ2n) is 4.62. The molecule has 1 fully saturated rings. The van der Waals surface area contributed by atoms with Crippen molar-refractivity contribution in [2.75, 3.05) is 19.8 Å². The average Bonchev–Trinajstić information content (AvgIpc) is 2.78. The molecule has 0 spiro atoms. The Morgan fingerprint density at radius 1 is 1.00 bits per heavy atom. The van der Waals surface area contributed by atoms with Crippen molar-refractivity contribution in [1.29, 1.82) is 0 Å². The summed E-state index contributed by atoms with van der Waals surface area (Å²) < 4.78 is 140. The summed E-state index contributed by atoms with van der Waals surface area (Å²) in [6.07, 6.45) is -26.6. The van der Waals surface area contributed by atoms with Gasteiger partial charge in [0.05, 0.1) is 6.61 Å². The Bertz CT molecular complexity index is 458. The van der Waals surface area contributed by atoms with Gasteiger partial charge in [0.15, 0.2) is 6.10 Å². The van der Waals surface area contributed by atoms with Gasteiger partial charge in [0.1, 0.15) is 13.2 Å². The predicted octanol–water partition coefficient (Wildman–Crippen LogP) is 3.28.